The van der Waals surface area contributed by atoms with Gasteiger partial charge in [-0.2, -0.15) is 0 Å². The molecule has 2 bridgehead atoms. The second-order valence-electron chi connectivity index (χ2n) is 14.3. The van der Waals surface area contributed by atoms with Crippen molar-refractivity contribution >= 4 is 17.5 Å². The molecular weight excluding hydrogens is 506 g/mol. The summed E-state index contributed by atoms with van der Waals surface area (Å²) in [7, 11) is 0. The molecule has 0 radical (unpaired) electrons. The Hall–Kier alpha value is -3.40. The highest BCUT2D eigenvalue weighted by molar-refractivity contribution is 6.23. The molecule has 3 aliphatic carbocycles. The van der Waals surface area contributed by atoms with Crippen molar-refractivity contribution in [3.05, 3.63) is 94.0 Å². The molecule has 1 aliphatic heterocycles. The van der Waals surface area contributed by atoms with E-state index in [2.05, 4.69) is 84.9 Å². The smallest absolute Gasteiger partial charge is 0.238 e. The van der Waals surface area contributed by atoms with Crippen LogP contribution in [0.2, 0.25) is 0 Å². The quantitative estimate of drug-likeness (QED) is 0.230. The monoisotopic (exact) mass is 549 g/mol. The van der Waals surface area contributed by atoms with Crippen molar-refractivity contribution in [2.24, 2.45) is 11.8 Å². The van der Waals surface area contributed by atoms with Gasteiger partial charge in [0, 0.05) is 11.8 Å². The topological polar surface area (TPSA) is 46.6 Å². The molecule has 1 heterocycles. The van der Waals surface area contributed by atoms with Gasteiger partial charge in [-0.15, -0.1) is 0 Å². The Bertz CT molecular complexity index is 1420. The zero-order valence-corrected chi connectivity index (χ0v) is 25.6. The molecule has 0 unspecified atom stereocenters. The lowest BCUT2D eigenvalue weighted by Crippen LogP contribution is -2.42. The first kappa shape index (κ1) is 27.8. The molecule has 3 aromatic rings. The molecule has 214 valence electrons. The molecule has 0 aromatic heterocycles. The van der Waals surface area contributed by atoms with Crippen LogP contribution < -0.4 is 9.64 Å². The number of carbonyl (C=O) groups is 2. The minimum absolute atomic E-state index is 0.00800. The van der Waals surface area contributed by atoms with Crippen LogP contribution >= 0.6 is 0 Å². The number of ether oxygens (including phenoxy) is 1. The van der Waals surface area contributed by atoms with Gasteiger partial charge >= 0.3 is 0 Å². The summed E-state index contributed by atoms with van der Waals surface area (Å²) >= 11 is 0. The number of anilines is 1. The van der Waals surface area contributed by atoms with Crippen LogP contribution in [0.25, 0.3) is 0 Å². The Balaban J connectivity index is 1.42. The fraction of sp³-hybridized carbons (Fsp3) is 0.459. The summed E-state index contributed by atoms with van der Waals surface area (Å²) in [4.78, 5) is 30.0. The summed E-state index contributed by atoms with van der Waals surface area (Å²) in [6.45, 7) is 16.2. The number of unbranched alkanes of at least 4 members (excludes halogenated alkanes) is 2. The molecule has 4 atom stereocenters. The third-order valence-electron chi connectivity index (χ3n) is 9.47. The number of rotatable bonds is 6. The van der Waals surface area contributed by atoms with Crippen molar-refractivity contribution in [3.8, 4) is 5.75 Å². The predicted molar refractivity (Wildman–Crippen MR) is 165 cm³/mol. The highest BCUT2D eigenvalue weighted by Gasteiger charge is 2.62. The zero-order chi connectivity index (χ0) is 29.3. The third kappa shape index (κ3) is 4.51. The normalized spacial score (nSPS) is 23.0. The fourth-order valence-corrected chi connectivity index (χ4v) is 7.20. The van der Waals surface area contributed by atoms with Crippen LogP contribution in [0.3, 0.4) is 0 Å². The lowest BCUT2D eigenvalue weighted by Gasteiger charge is -2.47. The Morgan fingerprint density at radius 2 is 1.15 bits per heavy atom. The van der Waals surface area contributed by atoms with Gasteiger partial charge in [-0.3, -0.25) is 9.59 Å². The summed E-state index contributed by atoms with van der Waals surface area (Å²) in [5.74, 6) is -0.442. The summed E-state index contributed by atoms with van der Waals surface area (Å²) in [6, 6.07) is 21.0. The number of hydrogen-bond donors (Lipinski definition) is 0. The number of carbonyl (C=O) groups excluding carboxylic acids is 2. The fourth-order valence-electron chi connectivity index (χ4n) is 7.20. The zero-order valence-electron chi connectivity index (χ0n) is 25.6. The molecule has 41 heavy (non-hydrogen) atoms. The molecule has 0 saturated carbocycles. The maximum atomic E-state index is 14.3. The number of imide groups is 1. The second kappa shape index (κ2) is 9.86. The van der Waals surface area contributed by atoms with Crippen LogP contribution in [0.5, 0.6) is 5.75 Å². The Labute approximate surface area is 245 Å². The summed E-state index contributed by atoms with van der Waals surface area (Å²) < 4.78 is 5.89. The van der Waals surface area contributed by atoms with E-state index < -0.39 is 11.8 Å². The summed E-state index contributed by atoms with van der Waals surface area (Å²) in [6.07, 6.45) is 3.30. The third-order valence-corrected chi connectivity index (χ3v) is 9.47. The molecule has 4 aliphatic rings. The maximum Gasteiger partial charge on any atom is 0.238 e. The lowest BCUT2D eigenvalue weighted by molar-refractivity contribution is -0.122. The molecule has 4 heteroatoms. The Morgan fingerprint density at radius 3 is 1.59 bits per heavy atom. The molecular formula is C37H43NO3. The van der Waals surface area contributed by atoms with E-state index >= 15 is 0 Å². The van der Waals surface area contributed by atoms with Gasteiger partial charge < -0.3 is 4.74 Å². The first-order valence-electron chi connectivity index (χ1n) is 15.3. The van der Waals surface area contributed by atoms with E-state index in [0.717, 1.165) is 25.0 Å². The lowest BCUT2D eigenvalue weighted by atomic mass is 9.54. The number of nitrogens with zero attached hydrogens (tertiary/aromatic N) is 1. The average molecular weight is 550 g/mol. The molecule has 0 N–H and O–H groups in total. The molecule has 2 amide bonds. The SMILES string of the molecule is CCCCCOc1ccc(N2C(=O)[C@@H]3[C@H]4c5cc(C(C)(C)C)ccc5[C@@H](c5cc(C(C)(C)C)ccc54)[C@@H]3C2=O)cc1. The van der Waals surface area contributed by atoms with Crippen LogP contribution in [0, 0.1) is 11.8 Å². The average Bonchev–Trinajstić information content (AvgIpc) is 3.20. The molecule has 7 rings (SSSR count). The van der Waals surface area contributed by atoms with Gasteiger partial charge in [-0.25, -0.2) is 4.90 Å². The van der Waals surface area contributed by atoms with Crippen molar-refractivity contribution < 1.29 is 14.3 Å². The minimum Gasteiger partial charge on any atom is -0.494 e. The summed E-state index contributed by atoms with van der Waals surface area (Å²) in [5, 5.41) is 0. The largest absolute Gasteiger partial charge is 0.494 e. The van der Waals surface area contributed by atoms with Crippen LogP contribution in [0.4, 0.5) is 5.69 Å². The molecule has 1 saturated heterocycles. The van der Waals surface area contributed by atoms with Gasteiger partial charge in [0.1, 0.15) is 5.75 Å². The van der Waals surface area contributed by atoms with E-state index in [-0.39, 0.29) is 34.5 Å². The molecule has 3 aromatic carbocycles. The van der Waals surface area contributed by atoms with Gasteiger partial charge in [0.25, 0.3) is 0 Å². The van der Waals surface area contributed by atoms with Crippen molar-refractivity contribution in [2.75, 3.05) is 11.5 Å². The molecule has 4 nitrogen and oxygen atoms in total. The highest BCUT2D eigenvalue weighted by Crippen LogP contribution is 2.62. The first-order valence-corrected chi connectivity index (χ1v) is 15.3. The van der Waals surface area contributed by atoms with E-state index in [1.165, 1.54) is 38.3 Å². The van der Waals surface area contributed by atoms with Crippen molar-refractivity contribution in [2.45, 2.75) is 90.4 Å². The van der Waals surface area contributed by atoms with Gasteiger partial charge in [0.2, 0.25) is 11.8 Å². The van der Waals surface area contributed by atoms with Crippen molar-refractivity contribution in [1.82, 2.24) is 0 Å². The molecule has 1 fully saturated rings. The highest BCUT2D eigenvalue weighted by atomic mass is 16.5. The van der Waals surface area contributed by atoms with Crippen molar-refractivity contribution in [3.63, 3.8) is 0 Å². The van der Waals surface area contributed by atoms with Gasteiger partial charge in [-0.1, -0.05) is 97.7 Å². The van der Waals surface area contributed by atoms with Gasteiger partial charge in [-0.05, 0) is 74.9 Å². The van der Waals surface area contributed by atoms with Gasteiger partial charge in [0.05, 0.1) is 24.1 Å². The second-order valence-corrected chi connectivity index (χ2v) is 14.3. The van der Waals surface area contributed by atoms with E-state index in [1.807, 2.05) is 24.3 Å². The number of amides is 2. The van der Waals surface area contributed by atoms with Crippen LogP contribution in [-0.2, 0) is 20.4 Å². The minimum atomic E-state index is -0.395. The van der Waals surface area contributed by atoms with E-state index in [0.29, 0.717) is 12.3 Å². The standard InChI is InChI=1S/C37H43NO3/c1-8-9-10-19-41-25-15-13-24(14-16-25)38-34(39)32-30-27-18-12-23(37(5,6)7)21-29(27)31(33(32)35(38)40)26-17-11-22(20-28(26)30)36(2,3)4/h11-18,20-21,30-33H,8-10,19H2,1-7H3/t30-,31+,32-,33+. The van der Waals surface area contributed by atoms with E-state index in [1.54, 1.807) is 0 Å². The van der Waals surface area contributed by atoms with Crippen LogP contribution in [0.15, 0.2) is 60.7 Å². The maximum absolute atomic E-state index is 14.3. The van der Waals surface area contributed by atoms with Gasteiger partial charge in [0.15, 0.2) is 0 Å². The number of hydrogen-bond acceptors (Lipinski definition) is 3. The Kier molecular flexibility index (Phi) is 6.67. The molecule has 0 spiro atoms. The predicted octanol–water partition coefficient (Wildman–Crippen LogP) is 8.25. The van der Waals surface area contributed by atoms with Crippen LogP contribution in [0.1, 0.15) is 113 Å². The number of benzene rings is 3. The Morgan fingerprint density at radius 1 is 0.659 bits per heavy atom. The first-order chi connectivity index (χ1) is 19.4. The van der Waals surface area contributed by atoms with E-state index in [9.17, 15) is 9.59 Å². The summed E-state index contributed by atoms with van der Waals surface area (Å²) in [5.41, 5.74) is 8.00. The van der Waals surface area contributed by atoms with E-state index in [4.69, 9.17) is 4.74 Å². The van der Waals surface area contributed by atoms with Crippen LogP contribution in [-0.4, -0.2) is 18.4 Å². The van der Waals surface area contributed by atoms with Crippen molar-refractivity contribution in [1.29, 1.82) is 0 Å².